The Labute approximate surface area is 249 Å². The average Bonchev–Trinajstić information content (AvgIpc) is 3.26. The summed E-state index contributed by atoms with van der Waals surface area (Å²) >= 11 is 0. The highest BCUT2D eigenvalue weighted by Gasteiger charge is 2.33. The lowest BCUT2D eigenvalue weighted by atomic mass is 10.2. The van der Waals surface area contributed by atoms with Gasteiger partial charge in [0.05, 0.1) is 16.1 Å². The van der Waals surface area contributed by atoms with Crippen LogP contribution in [0.15, 0.2) is 36.5 Å². The number of aromatic nitrogens is 4. The van der Waals surface area contributed by atoms with Crippen molar-refractivity contribution in [1.29, 1.82) is 0 Å². The van der Waals surface area contributed by atoms with Gasteiger partial charge in [0.1, 0.15) is 35.0 Å². The van der Waals surface area contributed by atoms with Crippen LogP contribution in [0.2, 0.25) is 0 Å². The van der Waals surface area contributed by atoms with Crippen molar-refractivity contribution in [3.05, 3.63) is 58.3 Å². The van der Waals surface area contributed by atoms with E-state index in [9.17, 15) is 45.2 Å². The Hall–Kier alpha value is -4.81. The molecule has 19 heteroatoms. The number of hydrogen-bond donors (Lipinski definition) is 1. The van der Waals surface area contributed by atoms with Crippen LogP contribution in [0.3, 0.4) is 0 Å². The summed E-state index contributed by atoms with van der Waals surface area (Å²) in [6.45, 7) is -2.78. The number of hydrogen-bond acceptors (Lipinski definition) is 9. The molecule has 0 aliphatic carbocycles. The molecule has 0 saturated heterocycles. The quantitative estimate of drug-likeness (QED) is 0.120. The summed E-state index contributed by atoms with van der Waals surface area (Å²) in [7, 11) is 5.02. The summed E-state index contributed by atoms with van der Waals surface area (Å²) < 4.78 is 113. The van der Waals surface area contributed by atoms with Gasteiger partial charge in [-0.1, -0.05) is 0 Å². The van der Waals surface area contributed by atoms with Gasteiger partial charge in [-0.15, -0.1) is 0 Å². The number of nitrogens with zero attached hydrogens (tertiary/aromatic N) is 7. The van der Waals surface area contributed by atoms with E-state index in [1.165, 1.54) is 11.9 Å². The van der Waals surface area contributed by atoms with Crippen LogP contribution in [0.5, 0.6) is 5.75 Å². The number of nitro benzene ring substituents is 1. The molecule has 4 aromatic rings. The van der Waals surface area contributed by atoms with Gasteiger partial charge in [-0.25, -0.2) is 23.7 Å². The first-order chi connectivity index (χ1) is 20.9. The number of ether oxygens (including phenoxy) is 1. The molecular weight excluding hydrogens is 624 g/mol. The largest absolute Gasteiger partial charge is 0.482 e. The van der Waals surface area contributed by atoms with Crippen molar-refractivity contribution in [2.75, 3.05) is 51.1 Å². The van der Waals surface area contributed by atoms with E-state index in [4.69, 9.17) is 4.74 Å². The van der Waals surface area contributed by atoms with Gasteiger partial charge in [0.2, 0.25) is 5.95 Å². The fraction of sp³-hybridized carbons (Fsp3) is 0.346. The Kier molecular flexibility index (Phi) is 9.31. The predicted octanol–water partition coefficient (Wildman–Crippen LogP) is 5.92. The number of nitrogens with one attached hydrogen (secondary N) is 1. The highest BCUT2D eigenvalue weighted by Crippen LogP contribution is 2.40. The van der Waals surface area contributed by atoms with Crippen molar-refractivity contribution in [2.24, 2.45) is 0 Å². The Morgan fingerprint density at radius 3 is 2.33 bits per heavy atom. The van der Waals surface area contributed by atoms with Gasteiger partial charge in [0, 0.05) is 50.6 Å². The first-order valence-corrected chi connectivity index (χ1v) is 12.8. The molecule has 0 bridgehead atoms. The van der Waals surface area contributed by atoms with Crippen LogP contribution >= 0.6 is 0 Å². The number of likely N-dealkylation sites (N-methyl/N-ethyl adjacent to an activating group) is 2. The molecule has 0 aliphatic heterocycles. The van der Waals surface area contributed by atoms with Gasteiger partial charge in [0.25, 0.3) is 5.69 Å². The number of rotatable bonds is 11. The second kappa shape index (κ2) is 12.7. The number of halogens is 8. The van der Waals surface area contributed by atoms with E-state index in [0.717, 1.165) is 30.5 Å². The molecule has 2 aromatic heterocycles. The molecule has 45 heavy (non-hydrogen) atoms. The molecule has 2 heterocycles. The molecule has 0 amide bonds. The summed E-state index contributed by atoms with van der Waals surface area (Å²) in [6, 6.07) is 4.17. The highest BCUT2D eigenvalue weighted by atomic mass is 19.4. The van der Waals surface area contributed by atoms with E-state index in [1.807, 2.05) is 0 Å². The number of alkyl halides is 6. The zero-order chi connectivity index (χ0) is 33.3. The van der Waals surface area contributed by atoms with Crippen molar-refractivity contribution in [3.8, 4) is 17.3 Å². The van der Waals surface area contributed by atoms with Crippen LogP contribution in [-0.4, -0.2) is 82.5 Å². The second-order valence-corrected chi connectivity index (χ2v) is 10.0. The zero-order valence-corrected chi connectivity index (χ0v) is 23.7. The van der Waals surface area contributed by atoms with E-state index in [-0.39, 0.29) is 23.6 Å². The molecule has 2 aromatic carbocycles. The van der Waals surface area contributed by atoms with Crippen molar-refractivity contribution < 1.29 is 44.8 Å². The van der Waals surface area contributed by atoms with E-state index in [1.54, 1.807) is 19.0 Å². The minimum absolute atomic E-state index is 0.0608. The normalized spacial score (nSPS) is 12.2. The molecule has 0 spiro atoms. The highest BCUT2D eigenvalue weighted by molar-refractivity contribution is 5.81. The third-order valence-electron chi connectivity index (χ3n) is 6.19. The first kappa shape index (κ1) is 33.1. The van der Waals surface area contributed by atoms with Gasteiger partial charge in [-0.3, -0.25) is 10.1 Å². The molecule has 0 atom stereocenters. The van der Waals surface area contributed by atoms with Crippen molar-refractivity contribution in [2.45, 2.75) is 18.9 Å². The Morgan fingerprint density at radius 2 is 1.71 bits per heavy atom. The summed E-state index contributed by atoms with van der Waals surface area (Å²) in [4.78, 5) is 26.3. The molecule has 11 nitrogen and oxygen atoms in total. The molecule has 1 N–H and O–H groups in total. The maximum absolute atomic E-state index is 14.6. The van der Waals surface area contributed by atoms with Crippen molar-refractivity contribution in [1.82, 2.24) is 24.4 Å². The van der Waals surface area contributed by atoms with Gasteiger partial charge < -0.3 is 24.4 Å². The van der Waals surface area contributed by atoms with E-state index in [0.29, 0.717) is 17.2 Å². The van der Waals surface area contributed by atoms with Crippen molar-refractivity contribution >= 4 is 34.0 Å². The van der Waals surface area contributed by atoms with E-state index in [2.05, 4.69) is 20.3 Å². The van der Waals surface area contributed by atoms with Crippen LogP contribution in [0, 0.1) is 21.7 Å². The Balaban J connectivity index is 1.80. The van der Waals surface area contributed by atoms with Gasteiger partial charge in [-0.2, -0.15) is 26.3 Å². The molecule has 242 valence electrons. The maximum atomic E-state index is 14.6. The standard InChI is InChI=1S/C26H24F8N8O3/c1-39(2)6-7-40(3)19-11-21(45-13-26(32,33)34)17(10-20(19)42(43)44)38-24-35-5-4-16(37-24)23-36-18-9-14(27)8-15(28)22(18)41(23)12-25(29,30)31/h4-5,8-11H,6-7,12-13H2,1-3H3,(H,35,37,38). The second-order valence-electron chi connectivity index (χ2n) is 10.0. The van der Waals surface area contributed by atoms with Crippen LogP contribution < -0.4 is 15.0 Å². The Bertz CT molecular complexity index is 1710. The molecule has 0 radical (unpaired) electrons. The third-order valence-corrected chi connectivity index (χ3v) is 6.19. The minimum atomic E-state index is -4.86. The van der Waals surface area contributed by atoms with E-state index >= 15 is 0 Å². The topological polar surface area (TPSA) is 114 Å². The molecular formula is C26H24F8N8O3. The smallest absolute Gasteiger partial charge is 0.422 e. The molecule has 0 aliphatic rings. The summed E-state index contributed by atoms with van der Waals surface area (Å²) in [5.41, 5.74) is -2.35. The molecule has 0 fully saturated rings. The van der Waals surface area contributed by atoms with Gasteiger partial charge >= 0.3 is 12.4 Å². The minimum Gasteiger partial charge on any atom is -0.482 e. The number of benzene rings is 2. The van der Waals surface area contributed by atoms with Gasteiger partial charge in [-0.05, 0) is 20.2 Å². The maximum Gasteiger partial charge on any atom is 0.422 e. The molecule has 4 rings (SSSR count). The summed E-state index contributed by atoms with van der Waals surface area (Å²) in [6.07, 6.45) is -8.59. The number of anilines is 3. The van der Waals surface area contributed by atoms with Crippen LogP contribution in [-0.2, 0) is 6.54 Å². The summed E-state index contributed by atoms with van der Waals surface area (Å²) in [5.74, 6) is -3.84. The predicted molar refractivity (Wildman–Crippen MR) is 146 cm³/mol. The molecule has 0 saturated carbocycles. The third kappa shape index (κ3) is 8.22. The zero-order valence-electron chi connectivity index (χ0n) is 23.7. The molecule has 0 unspecified atom stereocenters. The lowest BCUT2D eigenvalue weighted by Crippen LogP contribution is -2.29. The lowest BCUT2D eigenvalue weighted by molar-refractivity contribution is -0.384. The SMILES string of the molecule is CN(C)CCN(C)c1cc(OCC(F)(F)F)c(Nc2nccc(-c3nc4cc(F)cc(F)c4n3CC(F)(F)F)n2)cc1[N+](=O)[O-]. The van der Waals surface area contributed by atoms with Crippen molar-refractivity contribution in [3.63, 3.8) is 0 Å². The van der Waals surface area contributed by atoms with Crippen LogP contribution in [0.4, 0.5) is 58.1 Å². The monoisotopic (exact) mass is 648 g/mol. The summed E-state index contributed by atoms with van der Waals surface area (Å²) in [5, 5.41) is 14.5. The van der Waals surface area contributed by atoms with Crippen LogP contribution in [0.25, 0.3) is 22.6 Å². The number of fused-ring (bicyclic) bond motifs is 1. The number of nitro groups is 1. The fourth-order valence-corrected chi connectivity index (χ4v) is 4.23. The Morgan fingerprint density at radius 1 is 1.00 bits per heavy atom. The average molecular weight is 649 g/mol. The number of imidazole rings is 1. The van der Waals surface area contributed by atoms with E-state index < -0.39 is 76.3 Å². The fourth-order valence-electron chi connectivity index (χ4n) is 4.23. The van der Waals surface area contributed by atoms with Crippen LogP contribution in [0.1, 0.15) is 0 Å². The first-order valence-electron chi connectivity index (χ1n) is 12.8. The van der Waals surface area contributed by atoms with Gasteiger partial charge in [0.15, 0.2) is 18.2 Å². The lowest BCUT2D eigenvalue weighted by Gasteiger charge is -2.23.